The van der Waals surface area contributed by atoms with Gasteiger partial charge in [-0.25, -0.2) is 0 Å². The van der Waals surface area contributed by atoms with E-state index in [0.717, 1.165) is 11.0 Å². The second kappa shape index (κ2) is 7.17. The number of unbranched alkanes of at least 4 members (excludes halogenated alkanes) is 3. The Labute approximate surface area is 114 Å². The normalized spacial score (nSPS) is 11.8. The molecule has 1 aromatic carbocycles. The van der Waals surface area contributed by atoms with Crippen LogP contribution in [-0.2, 0) is 5.54 Å². The molecule has 0 fully saturated rings. The average molecular weight is 298 g/mol. The first-order valence-electron chi connectivity index (χ1n) is 6.57. The van der Waals surface area contributed by atoms with Gasteiger partial charge in [0.1, 0.15) is 0 Å². The summed E-state index contributed by atoms with van der Waals surface area (Å²) in [6.07, 6.45) is 5.25. The number of nitrogens with one attached hydrogen (secondary N) is 1. The first-order chi connectivity index (χ1) is 8.06. The molecule has 0 aliphatic rings. The fourth-order valence-corrected chi connectivity index (χ4v) is 2.19. The lowest BCUT2D eigenvalue weighted by molar-refractivity contribution is 0.395. The first-order valence-corrected chi connectivity index (χ1v) is 7.36. The van der Waals surface area contributed by atoms with Crippen molar-refractivity contribution in [2.45, 2.75) is 52.0 Å². The van der Waals surface area contributed by atoms with Gasteiger partial charge in [0.25, 0.3) is 0 Å². The minimum Gasteiger partial charge on any atom is -0.308 e. The fourth-order valence-electron chi connectivity index (χ4n) is 1.92. The van der Waals surface area contributed by atoms with Crippen LogP contribution in [0.15, 0.2) is 28.7 Å². The SMILES string of the molecule is CCCCCCNC(C)(C)c1ccc(Br)cc1. The third-order valence-electron chi connectivity index (χ3n) is 3.16. The van der Waals surface area contributed by atoms with Gasteiger partial charge in [0.05, 0.1) is 0 Å². The Morgan fingerprint density at radius 1 is 1.06 bits per heavy atom. The summed E-state index contributed by atoms with van der Waals surface area (Å²) in [7, 11) is 0. The third-order valence-corrected chi connectivity index (χ3v) is 3.69. The largest absolute Gasteiger partial charge is 0.308 e. The number of hydrogen-bond donors (Lipinski definition) is 1. The molecule has 1 aromatic rings. The number of hydrogen-bond acceptors (Lipinski definition) is 1. The van der Waals surface area contributed by atoms with E-state index in [2.05, 4.69) is 66.3 Å². The highest BCUT2D eigenvalue weighted by atomic mass is 79.9. The predicted octanol–water partition coefficient (Wildman–Crippen LogP) is 4.85. The van der Waals surface area contributed by atoms with Crippen LogP contribution in [0.5, 0.6) is 0 Å². The zero-order chi connectivity index (χ0) is 12.7. The lowest BCUT2D eigenvalue weighted by Crippen LogP contribution is -2.37. The molecule has 1 N–H and O–H groups in total. The van der Waals surface area contributed by atoms with Crippen molar-refractivity contribution in [3.05, 3.63) is 34.3 Å². The maximum atomic E-state index is 3.64. The molecule has 0 saturated heterocycles. The van der Waals surface area contributed by atoms with Crippen LogP contribution >= 0.6 is 15.9 Å². The van der Waals surface area contributed by atoms with Gasteiger partial charge >= 0.3 is 0 Å². The summed E-state index contributed by atoms with van der Waals surface area (Å²) < 4.78 is 1.14. The summed E-state index contributed by atoms with van der Waals surface area (Å²) in [5, 5.41) is 3.64. The van der Waals surface area contributed by atoms with Crippen LogP contribution < -0.4 is 5.32 Å². The molecule has 0 bridgehead atoms. The molecule has 0 spiro atoms. The van der Waals surface area contributed by atoms with Gasteiger partial charge in [0, 0.05) is 10.0 Å². The summed E-state index contributed by atoms with van der Waals surface area (Å²) in [5.74, 6) is 0. The summed E-state index contributed by atoms with van der Waals surface area (Å²) in [6, 6.07) is 8.58. The Hall–Kier alpha value is -0.340. The summed E-state index contributed by atoms with van der Waals surface area (Å²) >= 11 is 3.47. The standard InChI is InChI=1S/C15H24BrN/c1-4-5-6-7-12-17-15(2,3)13-8-10-14(16)11-9-13/h8-11,17H,4-7,12H2,1-3H3. The van der Waals surface area contributed by atoms with Crippen LogP contribution in [0.1, 0.15) is 52.0 Å². The van der Waals surface area contributed by atoms with E-state index in [1.165, 1.54) is 31.2 Å². The van der Waals surface area contributed by atoms with Crippen molar-refractivity contribution < 1.29 is 0 Å². The van der Waals surface area contributed by atoms with Crippen molar-refractivity contribution in [3.8, 4) is 0 Å². The van der Waals surface area contributed by atoms with E-state index in [1.54, 1.807) is 0 Å². The van der Waals surface area contributed by atoms with Gasteiger partial charge in [0.2, 0.25) is 0 Å². The van der Waals surface area contributed by atoms with E-state index in [-0.39, 0.29) is 5.54 Å². The van der Waals surface area contributed by atoms with Crippen molar-refractivity contribution in [1.29, 1.82) is 0 Å². The van der Waals surface area contributed by atoms with Crippen LogP contribution in [0.4, 0.5) is 0 Å². The molecule has 0 unspecified atom stereocenters. The van der Waals surface area contributed by atoms with Crippen molar-refractivity contribution >= 4 is 15.9 Å². The maximum Gasteiger partial charge on any atom is 0.0377 e. The molecule has 1 rings (SSSR count). The van der Waals surface area contributed by atoms with Crippen LogP contribution in [0.25, 0.3) is 0 Å². The maximum absolute atomic E-state index is 3.64. The molecule has 1 nitrogen and oxygen atoms in total. The minimum atomic E-state index is 0.0624. The Bertz CT molecular complexity index is 316. The van der Waals surface area contributed by atoms with Crippen molar-refractivity contribution in [2.75, 3.05) is 6.54 Å². The molecular formula is C15H24BrN. The first kappa shape index (κ1) is 14.7. The lowest BCUT2D eigenvalue weighted by Gasteiger charge is -2.27. The highest BCUT2D eigenvalue weighted by Crippen LogP contribution is 2.22. The molecule has 0 aromatic heterocycles. The van der Waals surface area contributed by atoms with E-state index >= 15 is 0 Å². The van der Waals surface area contributed by atoms with Crippen LogP contribution in [0.3, 0.4) is 0 Å². The van der Waals surface area contributed by atoms with Gasteiger partial charge in [0.15, 0.2) is 0 Å². The van der Waals surface area contributed by atoms with Gasteiger partial charge < -0.3 is 5.32 Å². The number of halogens is 1. The summed E-state index contributed by atoms with van der Waals surface area (Å²) in [5.41, 5.74) is 1.41. The van der Waals surface area contributed by atoms with E-state index in [4.69, 9.17) is 0 Å². The quantitative estimate of drug-likeness (QED) is 0.709. The van der Waals surface area contributed by atoms with Gasteiger partial charge in [-0.05, 0) is 44.5 Å². The Balaban J connectivity index is 2.42. The molecule has 17 heavy (non-hydrogen) atoms. The Morgan fingerprint density at radius 3 is 2.29 bits per heavy atom. The molecule has 0 radical (unpaired) electrons. The average Bonchev–Trinajstić information content (AvgIpc) is 2.29. The second-order valence-electron chi connectivity index (χ2n) is 5.12. The van der Waals surface area contributed by atoms with Crippen LogP contribution in [0, 0.1) is 0 Å². The smallest absolute Gasteiger partial charge is 0.0377 e. The zero-order valence-corrected chi connectivity index (χ0v) is 12.8. The van der Waals surface area contributed by atoms with Crippen LogP contribution in [-0.4, -0.2) is 6.54 Å². The minimum absolute atomic E-state index is 0.0624. The summed E-state index contributed by atoms with van der Waals surface area (Å²) in [4.78, 5) is 0. The monoisotopic (exact) mass is 297 g/mol. The Morgan fingerprint density at radius 2 is 1.71 bits per heavy atom. The Kier molecular flexibility index (Phi) is 6.21. The lowest BCUT2D eigenvalue weighted by atomic mass is 9.94. The molecular weight excluding hydrogens is 274 g/mol. The third kappa shape index (κ3) is 5.22. The number of rotatable bonds is 7. The zero-order valence-electron chi connectivity index (χ0n) is 11.2. The second-order valence-corrected chi connectivity index (χ2v) is 6.04. The highest BCUT2D eigenvalue weighted by Gasteiger charge is 2.18. The van der Waals surface area contributed by atoms with Crippen molar-refractivity contribution in [1.82, 2.24) is 5.32 Å². The molecule has 0 amide bonds. The van der Waals surface area contributed by atoms with Gasteiger partial charge in [-0.1, -0.05) is 54.2 Å². The molecule has 96 valence electrons. The van der Waals surface area contributed by atoms with E-state index in [0.29, 0.717) is 0 Å². The number of benzene rings is 1. The molecule has 0 saturated carbocycles. The van der Waals surface area contributed by atoms with Gasteiger partial charge in [-0.2, -0.15) is 0 Å². The van der Waals surface area contributed by atoms with E-state index in [1.807, 2.05) is 0 Å². The molecule has 0 aliphatic heterocycles. The van der Waals surface area contributed by atoms with E-state index < -0.39 is 0 Å². The summed E-state index contributed by atoms with van der Waals surface area (Å²) in [6.45, 7) is 7.84. The highest BCUT2D eigenvalue weighted by molar-refractivity contribution is 9.10. The van der Waals surface area contributed by atoms with Crippen molar-refractivity contribution in [2.24, 2.45) is 0 Å². The molecule has 0 heterocycles. The topological polar surface area (TPSA) is 12.0 Å². The predicted molar refractivity (Wildman–Crippen MR) is 79.3 cm³/mol. The molecule has 0 atom stereocenters. The molecule has 2 heteroatoms. The van der Waals surface area contributed by atoms with Crippen LogP contribution in [0.2, 0.25) is 0 Å². The van der Waals surface area contributed by atoms with Gasteiger partial charge in [-0.3, -0.25) is 0 Å². The van der Waals surface area contributed by atoms with Crippen molar-refractivity contribution in [3.63, 3.8) is 0 Å². The fraction of sp³-hybridized carbons (Fsp3) is 0.600. The molecule has 0 aliphatic carbocycles. The van der Waals surface area contributed by atoms with Gasteiger partial charge in [-0.15, -0.1) is 0 Å². The van der Waals surface area contributed by atoms with E-state index in [9.17, 15) is 0 Å².